The van der Waals surface area contributed by atoms with Crippen LogP contribution < -0.4 is 5.32 Å². The summed E-state index contributed by atoms with van der Waals surface area (Å²) in [5, 5.41) is 4.22. The zero-order valence-corrected chi connectivity index (χ0v) is 23.7. The van der Waals surface area contributed by atoms with Gasteiger partial charge in [0.15, 0.2) is 0 Å². The Morgan fingerprint density at radius 1 is 0.919 bits per heavy atom. The first-order chi connectivity index (χ1) is 17.9. The van der Waals surface area contributed by atoms with Crippen LogP contribution in [0.1, 0.15) is 48.8 Å². The highest BCUT2D eigenvalue weighted by atomic mass is 79.9. The Morgan fingerprint density at radius 3 is 2.35 bits per heavy atom. The lowest BCUT2D eigenvalue weighted by Gasteiger charge is -2.33. The summed E-state index contributed by atoms with van der Waals surface area (Å²) in [6.45, 7) is 0.305. The quantitative estimate of drug-likeness (QED) is 0.278. The predicted molar refractivity (Wildman–Crippen MR) is 154 cm³/mol. The summed E-state index contributed by atoms with van der Waals surface area (Å²) in [5.74, 6) is -0.273. The second kappa shape index (κ2) is 13.5. The third-order valence-corrected chi connectivity index (χ3v) is 7.90. The molecule has 0 radical (unpaired) electrons. The summed E-state index contributed by atoms with van der Waals surface area (Å²) in [5.41, 5.74) is 2.62. The summed E-state index contributed by atoms with van der Waals surface area (Å²) in [6.07, 6.45) is 5.89. The Labute approximate surface area is 237 Å². The van der Waals surface area contributed by atoms with E-state index in [1.54, 1.807) is 23.1 Å². The Kier molecular flexibility index (Phi) is 10.1. The number of rotatable bonds is 9. The van der Waals surface area contributed by atoms with Crippen LogP contribution in [0.2, 0.25) is 10.0 Å². The van der Waals surface area contributed by atoms with Crippen LogP contribution in [-0.2, 0) is 29.0 Å². The van der Waals surface area contributed by atoms with Crippen LogP contribution in [0.15, 0.2) is 77.3 Å². The number of nitrogens with one attached hydrogen (secondary N) is 1. The van der Waals surface area contributed by atoms with E-state index < -0.39 is 6.04 Å². The molecule has 1 saturated carbocycles. The van der Waals surface area contributed by atoms with E-state index in [1.807, 2.05) is 54.6 Å². The second-order valence-corrected chi connectivity index (χ2v) is 11.4. The van der Waals surface area contributed by atoms with E-state index in [9.17, 15) is 9.59 Å². The average Bonchev–Trinajstić information content (AvgIpc) is 2.89. The van der Waals surface area contributed by atoms with Gasteiger partial charge in [0, 0.05) is 33.5 Å². The molecule has 1 aliphatic carbocycles. The van der Waals surface area contributed by atoms with Crippen molar-refractivity contribution < 1.29 is 9.59 Å². The molecule has 0 saturated heterocycles. The first-order valence-electron chi connectivity index (χ1n) is 12.7. The topological polar surface area (TPSA) is 49.4 Å². The molecule has 0 unspecified atom stereocenters. The maximum absolute atomic E-state index is 13.9. The molecule has 0 spiro atoms. The van der Waals surface area contributed by atoms with E-state index in [0.717, 1.165) is 41.3 Å². The number of amides is 2. The van der Waals surface area contributed by atoms with Crippen LogP contribution in [0.3, 0.4) is 0 Å². The minimum absolute atomic E-state index is 0.0754. The smallest absolute Gasteiger partial charge is 0.243 e. The molecular weight excluding hydrogens is 571 g/mol. The van der Waals surface area contributed by atoms with Crippen LogP contribution in [0.4, 0.5) is 0 Å². The zero-order valence-electron chi connectivity index (χ0n) is 20.6. The van der Waals surface area contributed by atoms with Crippen molar-refractivity contribution in [3.05, 3.63) is 104 Å². The van der Waals surface area contributed by atoms with Gasteiger partial charge in [-0.15, -0.1) is 0 Å². The predicted octanol–water partition coefficient (Wildman–Crippen LogP) is 7.39. The maximum atomic E-state index is 13.9. The molecular formula is C30H31BrCl2N2O2. The first kappa shape index (κ1) is 27.7. The maximum Gasteiger partial charge on any atom is 0.243 e. The highest BCUT2D eigenvalue weighted by Gasteiger charge is 2.32. The van der Waals surface area contributed by atoms with Gasteiger partial charge in [0.25, 0.3) is 0 Å². The molecule has 37 heavy (non-hydrogen) atoms. The minimum atomic E-state index is -0.665. The van der Waals surface area contributed by atoms with Gasteiger partial charge in [-0.2, -0.15) is 0 Å². The van der Waals surface area contributed by atoms with E-state index in [4.69, 9.17) is 23.2 Å². The third-order valence-electron chi connectivity index (χ3n) is 6.82. The fourth-order valence-corrected chi connectivity index (χ4v) is 5.78. The molecule has 0 aliphatic heterocycles. The molecule has 0 bridgehead atoms. The van der Waals surface area contributed by atoms with E-state index in [1.165, 1.54) is 6.42 Å². The van der Waals surface area contributed by atoms with Gasteiger partial charge in [0.2, 0.25) is 11.8 Å². The largest absolute Gasteiger partial charge is 0.352 e. The molecule has 1 N–H and O–H groups in total. The van der Waals surface area contributed by atoms with Crippen LogP contribution >= 0.6 is 39.1 Å². The highest BCUT2D eigenvalue weighted by Crippen LogP contribution is 2.24. The van der Waals surface area contributed by atoms with Gasteiger partial charge in [0.1, 0.15) is 6.04 Å². The summed E-state index contributed by atoms with van der Waals surface area (Å²) in [6, 6.07) is 22.3. The Morgan fingerprint density at radius 2 is 1.65 bits per heavy atom. The molecule has 4 rings (SSSR count). The Bertz CT molecular complexity index is 1220. The lowest BCUT2D eigenvalue weighted by Crippen LogP contribution is -2.53. The summed E-state index contributed by atoms with van der Waals surface area (Å²) in [4.78, 5) is 29.4. The lowest BCUT2D eigenvalue weighted by molar-refractivity contribution is -0.141. The van der Waals surface area contributed by atoms with Crippen molar-refractivity contribution in [3.8, 4) is 0 Å². The van der Waals surface area contributed by atoms with Gasteiger partial charge in [-0.3, -0.25) is 9.59 Å². The third kappa shape index (κ3) is 8.07. The van der Waals surface area contributed by atoms with E-state index in [2.05, 4.69) is 21.2 Å². The number of hydrogen-bond donors (Lipinski definition) is 1. The summed E-state index contributed by atoms with van der Waals surface area (Å²) < 4.78 is 0.921. The normalized spacial score (nSPS) is 14.7. The van der Waals surface area contributed by atoms with E-state index in [0.29, 0.717) is 28.6 Å². The molecule has 2 amide bonds. The number of carbonyl (C=O) groups excluding carboxylic acids is 2. The Hall–Kier alpha value is -2.34. The van der Waals surface area contributed by atoms with Crippen molar-refractivity contribution in [1.29, 1.82) is 0 Å². The first-order valence-corrected chi connectivity index (χ1v) is 14.3. The van der Waals surface area contributed by atoms with Gasteiger partial charge >= 0.3 is 0 Å². The van der Waals surface area contributed by atoms with Gasteiger partial charge < -0.3 is 10.2 Å². The van der Waals surface area contributed by atoms with Crippen molar-refractivity contribution in [2.45, 2.75) is 63.6 Å². The summed E-state index contributed by atoms with van der Waals surface area (Å²) in [7, 11) is 0. The van der Waals surface area contributed by atoms with Gasteiger partial charge in [-0.05, 0) is 53.8 Å². The van der Waals surface area contributed by atoms with Gasteiger partial charge in [0.05, 0.1) is 6.42 Å². The molecule has 1 atom stereocenters. The summed E-state index contributed by atoms with van der Waals surface area (Å²) >= 11 is 16.0. The Balaban J connectivity index is 1.67. The van der Waals surface area contributed by atoms with Crippen LogP contribution in [0.5, 0.6) is 0 Å². The molecule has 1 fully saturated rings. The van der Waals surface area contributed by atoms with Crippen LogP contribution in [0, 0.1) is 0 Å². The highest BCUT2D eigenvalue weighted by molar-refractivity contribution is 9.10. The van der Waals surface area contributed by atoms with Gasteiger partial charge in [-0.1, -0.05) is 107 Å². The lowest BCUT2D eigenvalue weighted by atomic mass is 9.94. The molecule has 194 valence electrons. The number of halogens is 3. The van der Waals surface area contributed by atoms with E-state index in [-0.39, 0.29) is 24.3 Å². The molecule has 7 heteroatoms. The molecule has 3 aromatic rings. The van der Waals surface area contributed by atoms with Crippen molar-refractivity contribution in [2.24, 2.45) is 0 Å². The van der Waals surface area contributed by atoms with Crippen molar-refractivity contribution in [2.75, 3.05) is 0 Å². The van der Waals surface area contributed by atoms with Crippen molar-refractivity contribution in [3.63, 3.8) is 0 Å². The fourth-order valence-electron chi connectivity index (χ4n) is 4.86. The molecule has 4 nitrogen and oxygen atoms in total. The number of hydrogen-bond acceptors (Lipinski definition) is 2. The molecule has 3 aromatic carbocycles. The monoisotopic (exact) mass is 600 g/mol. The van der Waals surface area contributed by atoms with Gasteiger partial charge in [-0.25, -0.2) is 0 Å². The second-order valence-electron chi connectivity index (χ2n) is 9.61. The van der Waals surface area contributed by atoms with Crippen LogP contribution in [-0.4, -0.2) is 28.8 Å². The SMILES string of the molecule is O=C(NC1CCCCC1)[C@@H](Cc1ccccc1)N(Cc1cccc(Br)c1)C(=O)Cc1ccc(Cl)cc1Cl. The standard InChI is InChI=1S/C30H31BrCl2N2O2/c31-24-11-7-10-22(16-24)20-35(29(36)18-23-14-15-25(32)19-27(23)33)28(17-21-8-3-1-4-9-21)30(37)34-26-12-5-2-6-13-26/h1,3-4,7-11,14-16,19,26,28H,2,5-6,12-13,17-18,20H2,(H,34,37)/t28-/m1/s1. The average molecular weight is 602 g/mol. The number of benzene rings is 3. The van der Waals surface area contributed by atoms with E-state index >= 15 is 0 Å². The molecule has 0 aromatic heterocycles. The van der Waals surface area contributed by atoms with Crippen molar-refractivity contribution in [1.82, 2.24) is 10.2 Å². The number of nitrogens with zero attached hydrogens (tertiary/aromatic N) is 1. The minimum Gasteiger partial charge on any atom is -0.352 e. The molecule has 1 aliphatic rings. The fraction of sp³-hybridized carbons (Fsp3) is 0.333. The van der Waals surface area contributed by atoms with Crippen molar-refractivity contribution >= 4 is 50.9 Å². The molecule has 0 heterocycles. The number of carbonyl (C=O) groups is 2. The van der Waals surface area contributed by atoms with Crippen LogP contribution in [0.25, 0.3) is 0 Å². The zero-order chi connectivity index (χ0) is 26.2.